The van der Waals surface area contributed by atoms with Crippen LogP contribution in [0.25, 0.3) is 0 Å². The van der Waals surface area contributed by atoms with E-state index >= 15 is 0 Å². The first kappa shape index (κ1) is 9.71. The molecule has 0 radical (unpaired) electrons. The fourth-order valence-electron chi connectivity index (χ4n) is 1.32. The van der Waals surface area contributed by atoms with E-state index < -0.39 is 0 Å². The zero-order chi connectivity index (χ0) is 10.5. The summed E-state index contributed by atoms with van der Waals surface area (Å²) in [6, 6.07) is 12.2. The fraction of sp³-hybridized carbons (Fsp3) is 0.154. The number of pyridine rings is 1. The summed E-state index contributed by atoms with van der Waals surface area (Å²) in [4.78, 5) is 2.98. The quantitative estimate of drug-likeness (QED) is 0.746. The highest BCUT2D eigenvalue weighted by Crippen LogP contribution is 2.09. The molecule has 1 aromatic heterocycles. The van der Waals surface area contributed by atoms with Crippen LogP contribution in [0.5, 0.6) is 5.75 Å². The number of rotatable bonds is 3. The molecule has 0 spiro atoms. The molecule has 2 nitrogen and oxygen atoms in total. The molecule has 15 heavy (non-hydrogen) atoms. The molecule has 0 aliphatic carbocycles. The monoisotopic (exact) mass is 200 g/mol. The van der Waals surface area contributed by atoms with Crippen molar-refractivity contribution in [3.05, 3.63) is 59.9 Å². The average molecular weight is 200 g/mol. The standard InChI is InChI=1S/C13H13NO/c1-11-4-6-12(7-5-11)10-15-13-3-2-8-14-9-13/h2-9H,10H2,1H3/p+1. The van der Waals surface area contributed by atoms with Crippen molar-refractivity contribution in [2.75, 3.05) is 0 Å². The number of benzene rings is 1. The Morgan fingerprint density at radius 3 is 2.60 bits per heavy atom. The van der Waals surface area contributed by atoms with E-state index in [1.54, 1.807) is 0 Å². The van der Waals surface area contributed by atoms with Gasteiger partial charge in [-0.15, -0.1) is 0 Å². The molecule has 76 valence electrons. The summed E-state index contributed by atoms with van der Waals surface area (Å²) < 4.78 is 5.60. The summed E-state index contributed by atoms with van der Waals surface area (Å²) >= 11 is 0. The first-order valence-corrected chi connectivity index (χ1v) is 4.99. The van der Waals surface area contributed by atoms with Crippen molar-refractivity contribution in [3.8, 4) is 5.75 Å². The molecule has 0 amide bonds. The minimum absolute atomic E-state index is 0.609. The van der Waals surface area contributed by atoms with E-state index in [1.165, 1.54) is 11.1 Å². The van der Waals surface area contributed by atoms with E-state index in [-0.39, 0.29) is 0 Å². The minimum atomic E-state index is 0.609. The second-order valence-corrected chi connectivity index (χ2v) is 3.51. The molecule has 0 aliphatic rings. The van der Waals surface area contributed by atoms with E-state index in [1.807, 2.05) is 24.5 Å². The van der Waals surface area contributed by atoms with Gasteiger partial charge in [-0.3, -0.25) is 0 Å². The molecule has 2 heteroatoms. The molecule has 0 saturated heterocycles. The Kier molecular flexibility index (Phi) is 2.98. The van der Waals surface area contributed by atoms with Gasteiger partial charge >= 0.3 is 0 Å². The number of hydrogen-bond acceptors (Lipinski definition) is 1. The van der Waals surface area contributed by atoms with Crippen LogP contribution in [0.1, 0.15) is 11.1 Å². The number of nitrogens with one attached hydrogen (secondary N) is 1. The van der Waals surface area contributed by atoms with Crippen LogP contribution in [-0.2, 0) is 6.61 Å². The van der Waals surface area contributed by atoms with E-state index in [0.717, 1.165) is 5.75 Å². The fourth-order valence-corrected chi connectivity index (χ4v) is 1.32. The number of hydrogen-bond donors (Lipinski definition) is 0. The summed E-state index contributed by atoms with van der Waals surface area (Å²) in [5.74, 6) is 0.859. The Balaban J connectivity index is 1.96. The summed E-state index contributed by atoms with van der Waals surface area (Å²) in [7, 11) is 0. The zero-order valence-corrected chi connectivity index (χ0v) is 8.73. The van der Waals surface area contributed by atoms with E-state index in [0.29, 0.717) is 6.61 Å². The van der Waals surface area contributed by atoms with Gasteiger partial charge in [-0.1, -0.05) is 29.8 Å². The van der Waals surface area contributed by atoms with E-state index in [9.17, 15) is 0 Å². The van der Waals surface area contributed by atoms with Gasteiger partial charge in [0, 0.05) is 6.07 Å². The minimum Gasteiger partial charge on any atom is -0.483 e. The summed E-state index contributed by atoms with van der Waals surface area (Å²) in [6.07, 6.45) is 3.70. The largest absolute Gasteiger partial charge is 0.483 e. The molecule has 0 fully saturated rings. The summed E-state index contributed by atoms with van der Waals surface area (Å²) in [5.41, 5.74) is 2.45. The van der Waals surface area contributed by atoms with Gasteiger partial charge < -0.3 is 4.74 Å². The van der Waals surface area contributed by atoms with Gasteiger partial charge in [0.15, 0.2) is 11.9 Å². The molecule has 2 aromatic rings. The predicted octanol–water partition coefficient (Wildman–Crippen LogP) is 2.39. The van der Waals surface area contributed by atoms with Crippen molar-refractivity contribution in [3.63, 3.8) is 0 Å². The van der Waals surface area contributed by atoms with Crippen molar-refractivity contribution in [2.45, 2.75) is 13.5 Å². The first-order chi connectivity index (χ1) is 7.34. The highest BCUT2D eigenvalue weighted by atomic mass is 16.5. The summed E-state index contributed by atoms with van der Waals surface area (Å²) in [5, 5.41) is 0. The molecule has 1 aromatic carbocycles. The lowest BCUT2D eigenvalue weighted by atomic mass is 10.2. The third kappa shape index (κ3) is 2.81. The van der Waals surface area contributed by atoms with Crippen molar-refractivity contribution < 1.29 is 9.72 Å². The number of H-pyrrole nitrogens is 1. The lowest BCUT2D eigenvalue weighted by molar-refractivity contribution is -0.379. The van der Waals surface area contributed by atoms with Gasteiger partial charge in [0.05, 0.1) is 0 Å². The van der Waals surface area contributed by atoms with Crippen LogP contribution >= 0.6 is 0 Å². The smallest absolute Gasteiger partial charge is 0.209 e. The van der Waals surface area contributed by atoms with Crippen LogP contribution in [0.3, 0.4) is 0 Å². The lowest BCUT2D eigenvalue weighted by Crippen LogP contribution is -2.01. The molecule has 0 unspecified atom stereocenters. The van der Waals surface area contributed by atoms with Crippen molar-refractivity contribution in [2.24, 2.45) is 0 Å². The highest BCUT2D eigenvalue weighted by Gasteiger charge is 1.96. The molecular formula is C13H14NO+. The number of ether oxygens (including phenoxy) is 1. The molecule has 1 N–H and O–H groups in total. The number of aromatic nitrogens is 1. The lowest BCUT2D eigenvalue weighted by Gasteiger charge is -2.03. The Bertz CT molecular complexity index is 408. The predicted molar refractivity (Wildman–Crippen MR) is 58.5 cm³/mol. The van der Waals surface area contributed by atoms with Gasteiger partial charge in [0.25, 0.3) is 0 Å². The molecule has 0 bridgehead atoms. The topological polar surface area (TPSA) is 23.4 Å². The second kappa shape index (κ2) is 4.60. The first-order valence-electron chi connectivity index (χ1n) is 4.99. The number of aryl methyl sites for hydroxylation is 1. The van der Waals surface area contributed by atoms with Crippen molar-refractivity contribution in [1.82, 2.24) is 0 Å². The molecular weight excluding hydrogens is 186 g/mol. The van der Waals surface area contributed by atoms with Gasteiger partial charge in [-0.25, -0.2) is 4.98 Å². The van der Waals surface area contributed by atoms with Crippen molar-refractivity contribution >= 4 is 0 Å². The van der Waals surface area contributed by atoms with Crippen LogP contribution in [0.2, 0.25) is 0 Å². The van der Waals surface area contributed by atoms with Gasteiger partial charge in [-0.2, -0.15) is 0 Å². The van der Waals surface area contributed by atoms with Crippen molar-refractivity contribution in [1.29, 1.82) is 0 Å². The maximum Gasteiger partial charge on any atom is 0.209 e. The Hall–Kier alpha value is -1.83. The van der Waals surface area contributed by atoms with E-state index in [4.69, 9.17) is 4.74 Å². The Labute approximate surface area is 89.6 Å². The maximum atomic E-state index is 5.60. The molecule has 1 heterocycles. The SMILES string of the molecule is Cc1ccc(COc2ccc[nH+]c2)cc1. The van der Waals surface area contributed by atoms with Crippen LogP contribution in [0.15, 0.2) is 48.8 Å². The van der Waals surface area contributed by atoms with E-state index in [2.05, 4.69) is 36.2 Å². The van der Waals surface area contributed by atoms with Gasteiger partial charge in [0.1, 0.15) is 6.61 Å². The second-order valence-electron chi connectivity index (χ2n) is 3.51. The molecule has 0 atom stereocenters. The zero-order valence-electron chi connectivity index (χ0n) is 8.73. The van der Waals surface area contributed by atoms with Crippen LogP contribution in [-0.4, -0.2) is 0 Å². The maximum absolute atomic E-state index is 5.60. The third-order valence-electron chi connectivity index (χ3n) is 2.20. The molecule has 0 aliphatic heterocycles. The molecule has 0 saturated carbocycles. The third-order valence-corrected chi connectivity index (χ3v) is 2.20. The van der Waals surface area contributed by atoms with Crippen LogP contribution in [0, 0.1) is 6.92 Å². The van der Waals surface area contributed by atoms with Gasteiger partial charge in [-0.05, 0) is 18.6 Å². The van der Waals surface area contributed by atoms with Crippen LogP contribution < -0.4 is 9.72 Å². The normalized spacial score (nSPS) is 9.93. The average Bonchev–Trinajstić information content (AvgIpc) is 2.30. The Morgan fingerprint density at radius 2 is 1.93 bits per heavy atom. The van der Waals surface area contributed by atoms with Gasteiger partial charge in [0.2, 0.25) is 6.20 Å². The summed E-state index contributed by atoms with van der Waals surface area (Å²) in [6.45, 7) is 2.69. The van der Waals surface area contributed by atoms with Crippen LogP contribution in [0.4, 0.5) is 0 Å². The number of aromatic amines is 1. The highest BCUT2D eigenvalue weighted by molar-refractivity contribution is 5.21. The molecule has 2 rings (SSSR count). The Morgan fingerprint density at radius 1 is 1.13 bits per heavy atom.